The molecule has 7 nitrogen and oxygen atoms in total. The highest BCUT2D eigenvalue weighted by molar-refractivity contribution is 5.97. The van der Waals surface area contributed by atoms with Crippen molar-refractivity contribution in [3.8, 4) is 11.1 Å². The Hall–Kier alpha value is -3.91. The molecule has 7 heteroatoms. The van der Waals surface area contributed by atoms with E-state index in [2.05, 4.69) is 53.5 Å². The second-order valence-electron chi connectivity index (χ2n) is 11.4. The minimum atomic E-state index is -0.373. The van der Waals surface area contributed by atoms with E-state index in [1.54, 1.807) is 24.3 Å². The van der Waals surface area contributed by atoms with Gasteiger partial charge in [-0.15, -0.1) is 0 Å². The number of ketones is 2. The lowest BCUT2D eigenvalue weighted by Gasteiger charge is -2.35. The van der Waals surface area contributed by atoms with Crippen LogP contribution in [-0.4, -0.2) is 67.5 Å². The quantitative estimate of drug-likeness (QED) is 0.0968. The molecule has 0 bridgehead atoms. The van der Waals surface area contributed by atoms with E-state index in [4.69, 9.17) is 14.2 Å². The molecule has 0 amide bonds. The number of carbonyl (C=O) groups excluding carboxylic acids is 3. The molecule has 3 unspecified atom stereocenters. The van der Waals surface area contributed by atoms with E-state index >= 15 is 0 Å². The molecule has 0 spiro atoms. The lowest BCUT2D eigenvalue weighted by atomic mass is 9.95. The number of morpholine rings is 1. The van der Waals surface area contributed by atoms with E-state index in [0.717, 1.165) is 30.6 Å². The summed E-state index contributed by atoms with van der Waals surface area (Å²) < 4.78 is 17.1. The zero-order valence-electron chi connectivity index (χ0n) is 25.1. The van der Waals surface area contributed by atoms with Crippen molar-refractivity contribution in [1.29, 1.82) is 0 Å². The number of hydrogen-bond donors (Lipinski definition) is 0. The summed E-state index contributed by atoms with van der Waals surface area (Å²) in [6, 6.07) is 27.3. The molecule has 1 heterocycles. The molecule has 0 radical (unpaired) electrons. The second-order valence-corrected chi connectivity index (χ2v) is 11.4. The van der Waals surface area contributed by atoms with Gasteiger partial charge in [0.25, 0.3) is 0 Å². The summed E-state index contributed by atoms with van der Waals surface area (Å²) in [5.74, 6) is -0.292. The molecule has 5 rings (SSSR count). The van der Waals surface area contributed by atoms with Gasteiger partial charge in [0.2, 0.25) is 0 Å². The molecule has 230 valence electrons. The van der Waals surface area contributed by atoms with Crippen molar-refractivity contribution in [3.05, 3.63) is 108 Å². The van der Waals surface area contributed by atoms with Gasteiger partial charge < -0.3 is 14.2 Å². The lowest BCUT2D eigenvalue weighted by Crippen LogP contribution is -2.49. The van der Waals surface area contributed by atoms with Crippen molar-refractivity contribution in [2.24, 2.45) is 5.92 Å². The summed E-state index contributed by atoms with van der Waals surface area (Å²) in [6.07, 6.45) is 6.75. The van der Waals surface area contributed by atoms with Gasteiger partial charge in [-0.1, -0.05) is 97.1 Å². The van der Waals surface area contributed by atoms with Gasteiger partial charge >= 0.3 is 5.97 Å². The maximum atomic E-state index is 13.3. The van der Waals surface area contributed by atoms with E-state index in [1.165, 1.54) is 5.56 Å². The van der Waals surface area contributed by atoms with Crippen LogP contribution >= 0.6 is 0 Å². The number of benzene rings is 3. The maximum absolute atomic E-state index is 13.3. The number of Topliss-reactive ketones (excluding diaryl/α,β-unsaturated/α-hetero) is 2. The van der Waals surface area contributed by atoms with E-state index in [1.807, 2.05) is 24.3 Å². The van der Waals surface area contributed by atoms with Crippen LogP contribution in [-0.2, 0) is 30.4 Å². The van der Waals surface area contributed by atoms with Crippen LogP contribution in [0.1, 0.15) is 48.0 Å². The molecule has 3 atom stereocenters. The Labute approximate surface area is 259 Å². The highest BCUT2D eigenvalue weighted by atomic mass is 16.5. The summed E-state index contributed by atoms with van der Waals surface area (Å²) in [5, 5.41) is 0. The number of ether oxygens (including phenoxy) is 3. The molecule has 2 aliphatic rings. The van der Waals surface area contributed by atoms with Gasteiger partial charge in [0.05, 0.1) is 32.0 Å². The molecule has 0 aromatic heterocycles. The summed E-state index contributed by atoms with van der Waals surface area (Å²) in [4.78, 5) is 39.8. The number of rotatable bonds is 14. The molecule has 1 aliphatic heterocycles. The predicted octanol–water partition coefficient (Wildman–Crippen LogP) is 6.07. The number of nitrogens with zero attached hydrogens (tertiary/aromatic N) is 1. The van der Waals surface area contributed by atoms with Crippen molar-refractivity contribution < 1.29 is 28.6 Å². The molecule has 0 N–H and O–H groups in total. The van der Waals surface area contributed by atoms with Crippen LogP contribution in [0, 0.1) is 5.92 Å². The van der Waals surface area contributed by atoms with E-state index in [-0.39, 0.29) is 48.6 Å². The van der Waals surface area contributed by atoms with Crippen LogP contribution < -0.4 is 0 Å². The highest BCUT2D eigenvalue weighted by Crippen LogP contribution is 2.34. The fourth-order valence-corrected chi connectivity index (χ4v) is 5.99. The first-order valence-corrected chi connectivity index (χ1v) is 15.6. The van der Waals surface area contributed by atoms with Crippen molar-refractivity contribution in [2.75, 3.05) is 32.9 Å². The van der Waals surface area contributed by atoms with Crippen LogP contribution in [0.5, 0.6) is 0 Å². The minimum Gasteiger partial charge on any atom is -0.457 e. The van der Waals surface area contributed by atoms with Crippen molar-refractivity contribution in [2.45, 2.75) is 50.9 Å². The van der Waals surface area contributed by atoms with Gasteiger partial charge in [-0.05, 0) is 36.0 Å². The third-order valence-electron chi connectivity index (χ3n) is 8.37. The van der Waals surface area contributed by atoms with E-state index in [0.29, 0.717) is 44.6 Å². The standard InChI is InChI=1S/C37H41NO6/c39-33-25-35(43-26-28-17-19-30(20-18-28)29-11-5-3-6-12-29)32(37(33)38-21-23-42-24-22-38)15-9-1-2-10-16-36(41)44-27-34(40)31-13-7-4-8-14-31/h1,3-9,11-14,17-20,32,35,37H,2,10,15-16,21-27H2. The Kier molecular flexibility index (Phi) is 11.6. The van der Waals surface area contributed by atoms with E-state index < -0.39 is 0 Å². The van der Waals surface area contributed by atoms with Crippen molar-refractivity contribution in [1.82, 2.24) is 4.90 Å². The molecular formula is C37H41NO6. The average Bonchev–Trinajstić information content (AvgIpc) is 3.39. The Morgan fingerprint density at radius 2 is 1.55 bits per heavy atom. The van der Waals surface area contributed by atoms with Gasteiger partial charge in [0, 0.05) is 37.4 Å². The van der Waals surface area contributed by atoms with Gasteiger partial charge in [-0.2, -0.15) is 0 Å². The number of esters is 1. The first-order valence-electron chi connectivity index (χ1n) is 15.6. The normalized spacial score (nSPS) is 20.6. The predicted molar refractivity (Wildman–Crippen MR) is 169 cm³/mol. The van der Waals surface area contributed by atoms with Gasteiger partial charge in [-0.3, -0.25) is 19.3 Å². The molecule has 3 aromatic rings. The van der Waals surface area contributed by atoms with E-state index in [9.17, 15) is 14.4 Å². The molecule has 2 fully saturated rings. The third-order valence-corrected chi connectivity index (χ3v) is 8.37. The Morgan fingerprint density at radius 3 is 2.27 bits per heavy atom. The SMILES string of the molecule is O=C(CCCC=CCC1C(OCc2ccc(-c3ccccc3)cc2)CC(=O)C1N1CCOCC1)OCC(=O)c1ccccc1. The third kappa shape index (κ3) is 8.82. The summed E-state index contributed by atoms with van der Waals surface area (Å²) >= 11 is 0. The fraction of sp³-hybridized carbons (Fsp3) is 0.378. The summed E-state index contributed by atoms with van der Waals surface area (Å²) in [6.45, 7) is 2.99. The molecule has 44 heavy (non-hydrogen) atoms. The topological polar surface area (TPSA) is 82.1 Å². The lowest BCUT2D eigenvalue weighted by molar-refractivity contribution is -0.142. The number of hydrogen-bond acceptors (Lipinski definition) is 7. The molecule has 1 saturated carbocycles. The molecule has 1 aliphatic carbocycles. The van der Waals surface area contributed by atoms with Gasteiger partial charge in [0.1, 0.15) is 0 Å². The van der Waals surface area contributed by atoms with Crippen LogP contribution in [0.25, 0.3) is 11.1 Å². The summed E-state index contributed by atoms with van der Waals surface area (Å²) in [5.41, 5.74) is 3.96. The van der Waals surface area contributed by atoms with Crippen LogP contribution in [0.2, 0.25) is 0 Å². The molecule has 3 aromatic carbocycles. The zero-order chi connectivity index (χ0) is 30.6. The van der Waals surface area contributed by atoms with Crippen LogP contribution in [0.15, 0.2) is 97.1 Å². The smallest absolute Gasteiger partial charge is 0.306 e. The van der Waals surface area contributed by atoms with Gasteiger partial charge in [-0.25, -0.2) is 0 Å². The summed E-state index contributed by atoms with van der Waals surface area (Å²) in [7, 11) is 0. The Morgan fingerprint density at radius 1 is 0.864 bits per heavy atom. The first kappa shape index (κ1) is 31.5. The Bertz CT molecular complexity index is 1380. The van der Waals surface area contributed by atoms with Crippen LogP contribution in [0.4, 0.5) is 0 Å². The molecular weight excluding hydrogens is 554 g/mol. The number of unbranched alkanes of at least 4 members (excludes halogenated alkanes) is 1. The fourth-order valence-electron chi connectivity index (χ4n) is 5.99. The minimum absolute atomic E-state index is 0.0504. The number of allylic oxidation sites excluding steroid dienone is 2. The van der Waals surface area contributed by atoms with Crippen molar-refractivity contribution >= 4 is 17.5 Å². The Balaban J connectivity index is 1.11. The highest BCUT2D eigenvalue weighted by Gasteiger charge is 2.45. The zero-order valence-corrected chi connectivity index (χ0v) is 25.1. The largest absolute Gasteiger partial charge is 0.457 e. The maximum Gasteiger partial charge on any atom is 0.306 e. The average molecular weight is 596 g/mol. The monoisotopic (exact) mass is 595 g/mol. The molecule has 1 saturated heterocycles. The van der Waals surface area contributed by atoms with Crippen molar-refractivity contribution in [3.63, 3.8) is 0 Å². The first-order chi connectivity index (χ1) is 21.6. The van der Waals surface area contributed by atoms with Gasteiger partial charge in [0.15, 0.2) is 18.2 Å². The second kappa shape index (κ2) is 16.2. The number of carbonyl (C=O) groups is 3. The van der Waals surface area contributed by atoms with Crippen LogP contribution in [0.3, 0.4) is 0 Å².